The maximum Gasteiger partial charge on any atom is 0.307 e. The lowest BCUT2D eigenvalue weighted by molar-refractivity contribution is -0.136. The normalized spacial score (nSPS) is 14.8. The molecule has 0 bridgehead atoms. The smallest absolute Gasteiger partial charge is 0.307 e. The summed E-state index contributed by atoms with van der Waals surface area (Å²) in [6.45, 7) is 0.371. The Morgan fingerprint density at radius 1 is 1.28 bits per heavy atom. The molecule has 4 nitrogen and oxygen atoms in total. The molecule has 0 unspecified atom stereocenters. The van der Waals surface area contributed by atoms with E-state index in [9.17, 15) is 9.59 Å². The highest BCUT2D eigenvalue weighted by Gasteiger charge is 2.23. The highest BCUT2D eigenvalue weighted by atomic mass is 16.4. The topological polar surface area (TPSA) is 59.3 Å². The van der Waals surface area contributed by atoms with Gasteiger partial charge in [-0.2, -0.15) is 0 Å². The van der Waals surface area contributed by atoms with Crippen LogP contribution in [-0.4, -0.2) is 21.4 Å². The Bertz CT molecular complexity index is 654. The predicted octanol–water partition coefficient (Wildman–Crippen LogP) is 1.78. The molecule has 0 radical (unpaired) electrons. The highest BCUT2D eigenvalue weighted by Crippen LogP contribution is 2.30. The van der Waals surface area contributed by atoms with E-state index in [2.05, 4.69) is 0 Å². The Morgan fingerprint density at radius 2 is 2.06 bits per heavy atom. The monoisotopic (exact) mass is 243 g/mol. The van der Waals surface area contributed by atoms with Gasteiger partial charge in [0.25, 0.3) is 0 Å². The van der Waals surface area contributed by atoms with Crippen molar-refractivity contribution in [3.63, 3.8) is 0 Å². The first-order chi connectivity index (χ1) is 8.66. The third-order valence-electron chi connectivity index (χ3n) is 3.50. The van der Waals surface area contributed by atoms with Gasteiger partial charge < -0.3 is 9.67 Å². The second kappa shape index (κ2) is 3.98. The summed E-state index contributed by atoms with van der Waals surface area (Å²) in [6, 6.07) is 7.70. The minimum absolute atomic E-state index is 0.0248. The van der Waals surface area contributed by atoms with Crippen LogP contribution in [0.5, 0.6) is 0 Å². The van der Waals surface area contributed by atoms with E-state index >= 15 is 0 Å². The average Bonchev–Trinajstić information content (AvgIpc) is 2.64. The second-order valence-electron chi connectivity index (χ2n) is 4.64. The number of benzene rings is 1. The number of carbonyl (C=O) groups is 2. The van der Waals surface area contributed by atoms with Gasteiger partial charge in [-0.05, 0) is 18.1 Å². The SMILES string of the molecule is O=C(O)Cc1c2n(c3ccccc13)CC(=O)CC2. The van der Waals surface area contributed by atoms with Crippen LogP contribution in [0.15, 0.2) is 24.3 Å². The van der Waals surface area contributed by atoms with Crippen molar-refractivity contribution >= 4 is 22.7 Å². The van der Waals surface area contributed by atoms with Crippen molar-refractivity contribution in [3.05, 3.63) is 35.5 Å². The van der Waals surface area contributed by atoms with Gasteiger partial charge in [0.2, 0.25) is 0 Å². The van der Waals surface area contributed by atoms with Gasteiger partial charge in [0, 0.05) is 23.0 Å². The van der Waals surface area contributed by atoms with Crippen LogP contribution < -0.4 is 0 Å². The van der Waals surface area contributed by atoms with Crippen LogP contribution in [0, 0.1) is 0 Å². The van der Waals surface area contributed by atoms with Crippen LogP contribution in [0.4, 0.5) is 0 Å². The van der Waals surface area contributed by atoms with E-state index < -0.39 is 5.97 Å². The number of nitrogens with zero attached hydrogens (tertiary/aromatic N) is 1. The first-order valence-electron chi connectivity index (χ1n) is 5.99. The third kappa shape index (κ3) is 1.61. The Labute approximate surface area is 104 Å². The van der Waals surface area contributed by atoms with Crippen LogP contribution in [-0.2, 0) is 29.0 Å². The van der Waals surface area contributed by atoms with E-state index in [1.54, 1.807) is 0 Å². The zero-order valence-electron chi connectivity index (χ0n) is 9.85. The number of para-hydroxylation sites is 1. The van der Waals surface area contributed by atoms with Gasteiger partial charge in [0.05, 0.1) is 13.0 Å². The predicted molar refractivity (Wildman–Crippen MR) is 66.6 cm³/mol. The summed E-state index contributed by atoms with van der Waals surface area (Å²) in [5.41, 5.74) is 2.85. The lowest BCUT2D eigenvalue weighted by atomic mass is 10.0. The van der Waals surface area contributed by atoms with Gasteiger partial charge in [0.15, 0.2) is 5.78 Å². The molecule has 0 spiro atoms. The molecule has 1 aromatic heterocycles. The van der Waals surface area contributed by atoms with E-state index in [1.807, 2.05) is 28.8 Å². The first-order valence-corrected chi connectivity index (χ1v) is 5.99. The van der Waals surface area contributed by atoms with Crippen LogP contribution >= 0.6 is 0 Å². The molecule has 1 aliphatic heterocycles. The number of aliphatic carboxylic acids is 1. The molecule has 0 amide bonds. The number of rotatable bonds is 2. The van der Waals surface area contributed by atoms with E-state index in [0.29, 0.717) is 19.4 Å². The molecular weight excluding hydrogens is 230 g/mol. The molecule has 18 heavy (non-hydrogen) atoms. The number of carbonyl (C=O) groups excluding carboxylic acids is 1. The highest BCUT2D eigenvalue weighted by molar-refractivity contribution is 5.92. The quantitative estimate of drug-likeness (QED) is 0.874. The Hall–Kier alpha value is -2.10. The lowest BCUT2D eigenvalue weighted by Crippen LogP contribution is -2.20. The number of fused-ring (bicyclic) bond motifs is 3. The van der Waals surface area contributed by atoms with Crippen LogP contribution in [0.1, 0.15) is 17.7 Å². The van der Waals surface area contributed by atoms with E-state index in [1.165, 1.54) is 0 Å². The maximum absolute atomic E-state index is 11.6. The molecule has 0 saturated heterocycles. The van der Waals surface area contributed by atoms with Crippen molar-refractivity contribution in [3.8, 4) is 0 Å². The van der Waals surface area contributed by atoms with E-state index in [0.717, 1.165) is 22.2 Å². The van der Waals surface area contributed by atoms with Crippen LogP contribution in [0.2, 0.25) is 0 Å². The van der Waals surface area contributed by atoms with Crippen molar-refractivity contribution in [2.75, 3.05) is 0 Å². The van der Waals surface area contributed by atoms with E-state index in [4.69, 9.17) is 5.11 Å². The van der Waals surface area contributed by atoms with Crippen molar-refractivity contribution in [2.45, 2.75) is 25.8 Å². The minimum atomic E-state index is -0.828. The molecule has 2 heterocycles. The van der Waals surface area contributed by atoms with Gasteiger partial charge in [0.1, 0.15) is 0 Å². The minimum Gasteiger partial charge on any atom is -0.481 e. The third-order valence-corrected chi connectivity index (χ3v) is 3.50. The molecule has 0 fully saturated rings. The van der Waals surface area contributed by atoms with Gasteiger partial charge in [-0.1, -0.05) is 18.2 Å². The van der Waals surface area contributed by atoms with Gasteiger partial charge in [-0.25, -0.2) is 0 Å². The summed E-state index contributed by atoms with van der Waals surface area (Å²) in [4.78, 5) is 22.5. The molecule has 0 atom stereocenters. The summed E-state index contributed by atoms with van der Waals surface area (Å²) >= 11 is 0. The van der Waals surface area contributed by atoms with E-state index in [-0.39, 0.29) is 12.2 Å². The summed E-state index contributed by atoms with van der Waals surface area (Å²) in [7, 11) is 0. The molecule has 92 valence electrons. The molecular formula is C14H13NO3. The van der Waals surface area contributed by atoms with Crippen LogP contribution in [0.25, 0.3) is 10.9 Å². The van der Waals surface area contributed by atoms with Gasteiger partial charge in [-0.15, -0.1) is 0 Å². The molecule has 1 aromatic carbocycles. The number of ketones is 1. The van der Waals surface area contributed by atoms with Gasteiger partial charge in [-0.3, -0.25) is 9.59 Å². The molecule has 1 aliphatic rings. The summed E-state index contributed by atoms with van der Waals surface area (Å²) in [5.74, 6) is -0.615. The maximum atomic E-state index is 11.6. The van der Waals surface area contributed by atoms with Crippen molar-refractivity contribution in [2.24, 2.45) is 0 Å². The summed E-state index contributed by atoms with van der Waals surface area (Å²) in [6.07, 6.45) is 1.19. The van der Waals surface area contributed by atoms with Crippen molar-refractivity contribution in [1.82, 2.24) is 4.57 Å². The lowest BCUT2D eigenvalue weighted by Gasteiger charge is -2.16. The number of hydrogen-bond acceptors (Lipinski definition) is 2. The Balaban J connectivity index is 2.27. The number of hydrogen-bond donors (Lipinski definition) is 1. The van der Waals surface area contributed by atoms with Crippen LogP contribution in [0.3, 0.4) is 0 Å². The average molecular weight is 243 g/mol. The summed E-state index contributed by atoms with van der Waals surface area (Å²) in [5, 5.41) is 9.98. The molecule has 0 aliphatic carbocycles. The second-order valence-corrected chi connectivity index (χ2v) is 4.64. The number of carboxylic acids is 1. The van der Waals surface area contributed by atoms with Crippen molar-refractivity contribution < 1.29 is 14.7 Å². The van der Waals surface area contributed by atoms with Crippen molar-refractivity contribution in [1.29, 1.82) is 0 Å². The molecule has 3 rings (SSSR count). The Morgan fingerprint density at radius 3 is 2.83 bits per heavy atom. The van der Waals surface area contributed by atoms with Gasteiger partial charge >= 0.3 is 5.97 Å². The fraction of sp³-hybridized carbons (Fsp3) is 0.286. The molecule has 2 aromatic rings. The zero-order chi connectivity index (χ0) is 12.7. The zero-order valence-corrected chi connectivity index (χ0v) is 9.85. The standard InChI is InChI=1S/C14H13NO3/c16-9-5-6-13-11(7-14(17)18)10-3-1-2-4-12(10)15(13)8-9/h1-4H,5-8H2,(H,17,18). The fourth-order valence-electron chi connectivity index (χ4n) is 2.76. The largest absolute Gasteiger partial charge is 0.481 e. The number of Topliss-reactive ketones (excluding diaryl/α,β-unsaturated/α-hetero) is 1. The molecule has 4 heteroatoms. The fourth-order valence-corrected chi connectivity index (χ4v) is 2.76. The Kier molecular flexibility index (Phi) is 2.44. The number of carboxylic acid groups (broad SMARTS) is 1. The summed E-state index contributed by atoms with van der Waals surface area (Å²) < 4.78 is 1.97. The first kappa shape index (κ1) is 11.0. The molecule has 1 N–H and O–H groups in total. The number of aromatic nitrogens is 1. The molecule has 0 saturated carbocycles.